The molecule has 7 nitrogen and oxygen atoms in total. The van der Waals surface area contributed by atoms with Crippen molar-refractivity contribution in [2.24, 2.45) is 0 Å². The summed E-state index contributed by atoms with van der Waals surface area (Å²) < 4.78 is 2.06. The van der Waals surface area contributed by atoms with Crippen molar-refractivity contribution in [2.75, 3.05) is 17.2 Å². The lowest BCUT2D eigenvalue weighted by molar-refractivity contribution is -0.122. The number of carbonyl (C=O) groups is 2. The van der Waals surface area contributed by atoms with Crippen LogP contribution in [0.1, 0.15) is 29.4 Å². The number of fused-ring (bicyclic) bond motifs is 1. The first-order valence-electron chi connectivity index (χ1n) is 9.17. The van der Waals surface area contributed by atoms with Gasteiger partial charge in [0, 0.05) is 31.0 Å². The monoisotopic (exact) mass is 379 g/mol. The van der Waals surface area contributed by atoms with E-state index in [0.29, 0.717) is 6.54 Å². The molecule has 0 aliphatic carbocycles. The van der Waals surface area contributed by atoms with Gasteiger partial charge in [0.25, 0.3) is 0 Å². The number of nitrogens with zero attached hydrogens (tertiary/aromatic N) is 2. The van der Waals surface area contributed by atoms with E-state index in [9.17, 15) is 9.59 Å². The molecule has 146 valence electrons. The molecule has 0 fully saturated rings. The second kappa shape index (κ2) is 8.12. The van der Waals surface area contributed by atoms with Gasteiger partial charge in [0.05, 0.1) is 17.9 Å². The molecule has 2 amide bonds. The Kier molecular flexibility index (Phi) is 5.63. The van der Waals surface area contributed by atoms with Crippen LogP contribution in [0.25, 0.3) is 5.65 Å². The third-order valence-electron chi connectivity index (χ3n) is 4.76. The zero-order valence-electron chi connectivity index (χ0n) is 16.6. The van der Waals surface area contributed by atoms with Gasteiger partial charge in [-0.3, -0.25) is 9.59 Å². The average molecular weight is 379 g/mol. The molecule has 2 aromatic heterocycles. The molecule has 0 aliphatic heterocycles. The first-order valence-corrected chi connectivity index (χ1v) is 9.17. The van der Waals surface area contributed by atoms with Gasteiger partial charge in [0.15, 0.2) is 5.65 Å². The number of rotatable bonds is 6. The van der Waals surface area contributed by atoms with E-state index in [-0.39, 0.29) is 18.4 Å². The molecule has 3 N–H and O–H groups in total. The quantitative estimate of drug-likeness (QED) is 0.614. The van der Waals surface area contributed by atoms with Crippen LogP contribution in [-0.4, -0.2) is 27.7 Å². The molecule has 7 heteroatoms. The highest BCUT2D eigenvalue weighted by molar-refractivity contribution is 5.95. The van der Waals surface area contributed by atoms with Crippen molar-refractivity contribution < 1.29 is 9.59 Å². The topological polar surface area (TPSA) is 87.5 Å². The van der Waals surface area contributed by atoms with Gasteiger partial charge < -0.3 is 20.4 Å². The van der Waals surface area contributed by atoms with Crippen LogP contribution < -0.4 is 16.0 Å². The summed E-state index contributed by atoms with van der Waals surface area (Å²) in [4.78, 5) is 27.8. The van der Waals surface area contributed by atoms with Crippen LogP contribution in [0, 0.1) is 20.8 Å². The molecule has 0 atom stereocenters. The number of aromatic nitrogens is 2. The van der Waals surface area contributed by atoms with Gasteiger partial charge >= 0.3 is 0 Å². The Labute approximate surface area is 164 Å². The Hall–Kier alpha value is -3.35. The molecule has 28 heavy (non-hydrogen) atoms. The van der Waals surface area contributed by atoms with Gasteiger partial charge in [-0.1, -0.05) is 12.1 Å². The van der Waals surface area contributed by atoms with Crippen molar-refractivity contribution in [1.82, 2.24) is 14.7 Å². The van der Waals surface area contributed by atoms with Gasteiger partial charge in [-0.05, 0) is 50.1 Å². The van der Waals surface area contributed by atoms with Crippen molar-refractivity contribution in [2.45, 2.75) is 34.2 Å². The molecule has 0 aliphatic rings. The van der Waals surface area contributed by atoms with Crippen LogP contribution in [0.4, 0.5) is 11.4 Å². The second-order valence-corrected chi connectivity index (χ2v) is 6.81. The first kappa shape index (κ1) is 19.4. The third kappa shape index (κ3) is 4.14. The van der Waals surface area contributed by atoms with Crippen molar-refractivity contribution >= 4 is 28.8 Å². The van der Waals surface area contributed by atoms with Crippen molar-refractivity contribution in [3.8, 4) is 0 Å². The Balaban J connectivity index is 1.80. The maximum atomic E-state index is 12.1. The first-order chi connectivity index (χ1) is 13.4. The Bertz CT molecular complexity index is 1040. The Morgan fingerprint density at radius 3 is 2.57 bits per heavy atom. The number of anilines is 2. The molecule has 1 aromatic carbocycles. The highest BCUT2D eigenvalue weighted by Crippen LogP contribution is 2.24. The van der Waals surface area contributed by atoms with Gasteiger partial charge in [-0.25, -0.2) is 4.98 Å². The fraction of sp³-hybridized carbons (Fsp3) is 0.286. The van der Waals surface area contributed by atoms with E-state index in [4.69, 9.17) is 0 Å². The minimum atomic E-state index is -0.261. The van der Waals surface area contributed by atoms with Crippen LogP contribution in [0.5, 0.6) is 0 Å². The lowest BCUT2D eigenvalue weighted by atomic mass is 10.1. The summed E-state index contributed by atoms with van der Waals surface area (Å²) in [5.74, 6) is -0.497. The number of pyridine rings is 1. The van der Waals surface area contributed by atoms with E-state index in [1.165, 1.54) is 6.92 Å². The van der Waals surface area contributed by atoms with Crippen LogP contribution in [0.3, 0.4) is 0 Å². The molecule has 0 saturated carbocycles. The summed E-state index contributed by atoms with van der Waals surface area (Å²) in [6, 6.07) is 9.74. The summed E-state index contributed by atoms with van der Waals surface area (Å²) in [6.07, 6.45) is 2.00. The zero-order valence-corrected chi connectivity index (χ0v) is 16.6. The van der Waals surface area contributed by atoms with E-state index < -0.39 is 0 Å². The smallest absolute Gasteiger partial charge is 0.243 e. The zero-order chi connectivity index (χ0) is 20.3. The number of hydrogen-bond donors (Lipinski definition) is 3. The lowest BCUT2D eigenvalue weighted by Crippen LogP contribution is -2.31. The van der Waals surface area contributed by atoms with E-state index >= 15 is 0 Å². The molecule has 0 spiro atoms. The number of imidazole rings is 1. The average Bonchev–Trinajstić information content (AvgIpc) is 2.95. The van der Waals surface area contributed by atoms with E-state index in [1.807, 2.05) is 57.3 Å². The molecule has 0 unspecified atom stereocenters. The van der Waals surface area contributed by atoms with Crippen molar-refractivity contribution in [1.29, 1.82) is 0 Å². The summed E-state index contributed by atoms with van der Waals surface area (Å²) in [6.45, 7) is 7.91. The van der Waals surface area contributed by atoms with Gasteiger partial charge in [-0.15, -0.1) is 0 Å². The number of benzene rings is 1. The van der Waals surface area contributed by atoms with E-state index in [1.54, 1.807) is 0 Å². The molecule has 2 heterocycles. The number of aryl methyl sites for hydroxylation is 3. The lowest BCUT2D eigenvalue weighted by Gasteiger charge is -2.15. The fourth-order valence-electron chi connectivity index (χ4n) is 3.07. The molecule has 3 aromatic rings. The Morgan fingerprint density at radius 1 is 1.07 bits per heavy atom. The summed E-state index contributed by atoms with van der Waals surface area (Å²) in [5.41, 5.74) is 6.69. The highest BCUT2D eigenvalue weighted by atomic mass is 16.2. The predicted octanol–water partition coefficient (Wildman–Crippen LogP) is 2.95. The van der Waals surface area contributed by atoms with Crippen molar-refractivity contribution in [3.63, 3.8) is 0 Å². The number of hydrogen-bond acceptors (Lipinski definition) is 4. The van der Waals surface area contributed by atoms with Gasteiger partial charge in [0.1, 0.15) is 0 Å². The minimum absolute atomic E-state index is 0.0535. The van der Waals surface area contributed by atoms with Crippen LogP contribution >= 0.6 is 0 Å². The standard InChI is InChI=1S/C21H25N5O2/c1-13-7-5-8-18(25-20(28)12-22-16(4)27)17(13)11-23-19-9-6-10-26-15(3)14(2)24-21(19)26/h5-10,23H,11-12H2,1-4H3,(H,22,27)(H,25,28). The van der Waals surface area contributed by atoms with Crippen LogP contribution in [0.15, 0.2) is 36.5 Å². The maximum Gasteiger partial charge on any atom is 0.243 e. The molecule has 0 saturated heterocycles. The summed E-state index contributed by atoms with van der Waals surface area (Å²) in [5, 5.41) is 8.83. The van der Waals surface area contributed by atoms with E-state index in [2.05, 4.69) is 25.3 Å². The molecular formula is C21H25N5O2. The largest absolute Gasteiger partial charge is 0.378 e. The second-order valence-electron chi connectivity index (χ2n) is 6.81. The molecule has 0 radical (unpaired) electrons. The molecule has 0 bridgehead atoms. The van der Waals surface area contributed by atoms with Crippen molar-refractivity contribution in [3.05, 3.63) is 59.0 Å². The number of carbonyl (C=O) groups excluding carboxylic acids is 2. The highest BCUT2D eigenvalue weighted by Gasteiger charge is 2.12. The van der Waals surface area contributed by atoms with Gasteiger partial charge in [0.2, 0.25) is 11.8 Å². The fourth-order valence-corrected chi connectivity index (χ4v) is 3.07. The summed E-state index contributed by atoms with van der Waals surface area (Å²) in [7, 11) is 0. The number of amides is 2. The number of nitrogens with one attached hydrogen (secondary N) is 3. The normalized spacial score (nSPS) is 10.7. The van der Waals surface area contributed by atoms with E-state index in [0.717, 1.165) is 39.5 Å². The minimum Gasteiger partial charge on any atom is -0.378 e. The van der Waals surface area contributed by atoms with Crippen LogP contribution in [0.2, 0.25) is 0 Å². The Morgan fingerprint density at radius 2 is 1.82 bits per heavy atom. The molecule has 3 rings (SSSR count). The third-order valence-corrected chi connectivity index (χ3v) is 4.76. The van der Waals surface area contributed by atoms with Gasteiger partial charge in [-0.2, -0.15) is 0 Å². The maximum absolute atomic E-state index is 12.1. The summed E-state index contributed by atoms with van der Waals surface area (Å²) >= 11 is 0. The van der Waals surface area contributed by atoms with Crippen LogP contribution in [-0.2, 0) is 16.1 Å². The molecular weight excluding hydrogens is 354 g/mol. The predicted molar refractivity (Wildman–Crippen MR) is 110 cm³/mol. The SMILES string of the molecule is CC(=O)NCC(=O)Nc1cccc(C)c1CNc1cccn2c(C)c(C)nc12.